The zero-order valence-corrected chi connectivity index (χ0v) is 19.4. The number of nitrogens with zero attached hydrogens (tertiary/aromatic N) is 2. The molecule has 1 aliphatic heterocycles. The minimum Gasteiger partial charge on any atom is -0.335 e. The smallest absolute Gasteiger partial charge is 0.317 e. The summed E-state index contributed by atoms with van der Waals surface area (Å²) in [6, 6.07) is 16.5. The van der Waals surface area contributed by atoms with Crippen molar-refractivity contribution in [2.24, 2.45) is 0 Å². The molecule has 4 nitrogen and oxygen atoms in total. The second-order valence-electron chi connectivity index (χ2n) is 8.64. The van der Waals surface area contributed by atoms with E-state index in [2.05, 4.69) is 28.4 Å². The van der Waals surface area contributed by atoms with E-state index < -0.39 is 0 Å². The molecule has 1 atom stereocenters. The van der Waals surface area contributed by atoms with Crippen molar-refractivity contribution in [3.05, 3.63) is 69.7 Å². The number of halogens is 2. The first-order chi connectivity index (χ1) is 15.1. The summed E-state index contributed by atoms with van der Waals surface area (Å²) in [5.74, 6) is 0. The maximum absolute atomic E-state index is 12.8. The highest BCUT2D eigenvalue weighted by Crippen LogP contribution is 2.34. The number of hydrogen-bond donors (Lipinski definition) is 1. The van der Waals surface area contributed by atoms with Gasteiger partial charge in [0.15, 0.2) is 0 Å². The van der Waals surface area contributed by atoms with Gasteiger partial charge in [-0.15, -0.1) is 0 Å². The van der Waals surface area contributed by atoms with Crippen LogP contribution >= 0.6 is 23.2 Å². The minimum atomic E-state index is 0.0398. The molecule has 2 aromatic carbocycles. The van der Waals surface area contributed by atoms with Crippen LogP contribution in [0.25, 0.3) is 0 Å². The van der Waals surface area contributed by atoms with Gasteiger partial charge in [0.25, 0.3) is 0 Å². The van der Waals surface area contributed by atoms with Crippen molar-refractivity contribution in [1.82, 2.24) is 15.1 Å². The van der Waals surface area contributed by atoms with Crippen LogP contribution in [0.15, 0.2) is 48.5 Å². The van der Waals surface area contributed by atoms with Crippen LogP contribution in [0, 0.1) is 0 Å². The normalized spacial score (nSPS) is 19.6. The Balaban J connectivity index is 1.44. The van der Waals surface area contributed by atoms with Gasteiger partial charge in [0.1, 0.15) is 0 Å². The first kappa shape index (κ1) is 22.4. The van der Waals surface area contributed by atoms with Crippen LogP contribution in [-0.4, -0.2) is 48.1 Å². The molecule has 0 radical (unpaired) electrons. The summed E-state index contributed by atoms with van der Waals surface area (Å²) in [5.41, 5.74) is 2.25. The monoisotopic (exact) mass is 459 g/mol. The molecule has 1 N–H and O–H groups in total. The summed E-state index contributed by atoms with van der Waals surface area (Å²) >= 11 is 12.7. The number of carbonyl (C=O) groups is 1. The number of piperazine rings is 1. The second-order valence-corrected chi connectivity index (χ2v) is 9.48. The summed E-state index contributed by atoms with van der Waals surface area (Å²) in [6.07, 6.45) is 7.24. The highest BCUT2D eigenvalue weighted by Gasteiger charge is 2.30. The molecule has 0 bridgehead atoms. The number of benzene rings is 2. The topological polar surface area (TPSA) is 35.6 Å². The van der Waals surface area contributed by atoms with Gasteiger partial charge in [0.05, 0.1) is 6.04 Å². The molecule has 2 aromatic rings. The van der Waals surface area contributed by atoms with Crippen LogP contribution in [0.2, 0.25) is 10.0 Å². The summed E-state index contributed by atoms with van der Waals surface area (Å²) in [5, 5.41) is 4.77. The van der Waals surface area contributed by atoms with Gasteiger partial charge in [-0.3, -0.25) is 4.90 Å². The summed E-state index contributed by atoms with van der Waals surface area (Å²) in [7, 11) is 0. The van der Waals surface area contributed by atoms with Gasteiger partial charge in [-0.25, -0.2) is 4.79 Å². The van der Waals surface area contributed by atoms with Crippen molar-refractivity contribution in [3.8, 4) is 0 Å². The van der Waals surface area contributed by atoms with Crippen LogP contribution in [0.4, 0.5) is 4.79 Å². The third-order valence-electron chi connectivity index (χ3n) is 6.53. The minimum absolute atomic E-state index is 0.0398. The van der Waals surface area contributed by atoms with E-state index in [0.717, 1.165) is 47.1 Å². The molecule has 1 saturated carbocycles. The van der Waals surface area contributed by atoms with Crippen molar-refractivity contribution in [3.63, 3.8) is 0 Å². The van der Waals surface area contributed by atoms with E-state index in [-0.39, 0.29) is 12.1 Å². The highest BCUT2D eigenvalue weighted by molar-refractivity contribution is 6.31. The van der Waals surface area contributed by atoms with Gasteiger partial charge in [-0.2, -0.15) is 0 Å². The van der Waals surface area contributed by atoms with Gasteiger partial charge in [-0.1, -0.05) is 79.2 Å². The molecule has 1 aliphatic carbocycles. The average Bonchev–Trinajstić information content (AvgIpc) is 3.06. The Hall–Kier alpha value is -1.75. The maximum Gasteiger partial charge on any atom is 0.317 e. The third-order valence-corrected chi connectivity index (χ3v) is 7.13. The largest absolute Gasteiger partial charge is 0.335 e. The van der Waals surface area contributed by atoms with E-state index in [4.69, 9.17) is 23.2 Å². The van der Waals surface area contributed by atoms with Crippen LogP contribution in [0.5, 0.6) is 0 Å². The quantitative estimate of drug-likeness (QED) is 0.557. The van der Waals surface area contributed by atoms with Gasteiger partial charge in [-0.05, 0) is 42.2 Å². The van der Waals surface area contributed by atoms with Crippen molar-refractivity contribution in [2.45, 2.75) is 50.6 Å². The zero-order chi connectivity index (χ0) is 21.6. The van der Waals surface area contributed by atoms with Crippen LogP contribution in [0.3, 0.4) is 0 Å². The van der Waals surface area contributed by atoms with Crippen molar-refractivity contribution in [1.29, 1.82) is 0 Å². The average molecular weight is 460 g/mol. The fraction of sp³-hybridized carbons (Fsp3) is 0.480. The van der Waals surface area contributed by atoms with Crippen LogP contribution in [-0.2, 0) is 0 Å². The Morgan fingerprint density at radius 3 is 2.16 bits per heavy atom. The molecular weight excluding hydrogens is 429 g/mol. The maximum atomic E-state index is 12.8. The van der Waals surface area contributed by atoms with E-state index in [0.29, 0.717) is 19.1 Å². The van der Waals surface area contributed by atoms with Crippen molar-refractivity contribution < 1.29 is 4.79 Å². The number of hydrogen-bond acceptors (Lipinski definition) is 2. The lowest BCUT2D eigenvalue weighted by atomic mass is 9.96. The summed E-state index contributed by atoms with van der Waals surface area (Å²) < 4.78 is 0. The van der Waals surface area contributed by atoms with Crippen molar-refractivity contribution in [2.75, 3.05) is 26.2 Å². The molecule has 1 saturated heterocycles. The summed E-state index contributed by atoms with van der Waals surface area (Å²) in [6.45, 7) is 3.04. The van der Waals surface area contributed by atoms with Gasteiger partial charge in [0.2, 0.25) is 0 Å². The van der Waals surface area contributed by atoms with Gasteiger partial charge < -0.3 is 10.2 Å². The number of urea groups is 1. The second kappa shape index (κ2) is 10.7. The Kier molecular flexibility index (Phi) is 7.76. The number of nitrogens with one attached hydrogen (secondary N) is 1. The van der Waals surface area contributed by atoms with E-state index in [1.54, 1.807) is 0 Å². The lowest BCUT2D eigenvalue weighted by molar-refractivity contribution is 0.118. The molecular formula is C25H31Cl2N3O. The molecule has 31 heavy (non-hydrogen) atoms. The van der Waals surface area contributed by atoms with E-state index in [1.165, 1.54) is 25.7 Å². The molecule has 0 aromatic heterocycles. The zero-order valence-electron chi connectivity index (χ0n) is 17.9. The number of carbonyl (C=O) groups excluding carboxylic acids is 1. The standard InChI is InChI=1S/C25H31Cl2N3O/c26-20-13-11-19(12-14-20)24(22-9-5-6-10-23(22)27)29-15-17-30(18-16-29)25(31)28-21-7-3-1-2-4-8-21/h5-6,9-14,21,24H,1-4,7-8,15-18H2,(H,28,31). The van der Waals surface area contributed by atoms with E-state index >= 15 is 0 Å². The van der Waals surface area contributed by atoms with Crippen LogP contribution < -0.4 is 5.32 Å². The van der Waals surface area contributed by atoms with Crippen molar-refractivity contribution >= 4 is 29.2 Å². The summed E-state index contributed by atoms with van der Waals surface area (Å²) in [4.78, 5) is 17.2. The Morgan fingerprint density at radius 1 is 0.871 bits per heavy atom. The first-order valence-corrected chi connectivity index (χ1v) is 12.2. The molecule has 1 heterocycles. The van der Waals surface area contributed by atoms with Gasteiger partial charge >= 0.3 is 6.03 Å². The van der Waals surface area contributed by atoms with E-state index in [1.807, 2.05) is 35.2 Å². The predicted molar refractivity (Wildman–Crippen MR) is 128 cm³/mol. The molecule has 2 amide bonds. The van der Waals surface area contributed by atoms with Crippen LogP contribution in [0.1, 0.15) is 55.7 Å². The molecule has 6 heteroatoms. The fourth-order valence-corrected chi connectivity index (χ4v) is 5.17. The molecule has 4 rings (SSSR count). The molecule has 166 valence electrons. The molecule has 1 unspecified atom stereocenters. The fourth-order valence-electron chi connectivity index (χ4n) is 4.80. The SMILES string of the molecule is O=C(NC1CCCCCC1)N1CCN(C(c2ccc(Cl)cc2)c2ccccc2Cl)CC1. The lowest BCUT2D eigenvalue weighted by Crippen LogP contribution is -2.54. The lowest BCUT2D eigenvalue weighted by Gasteiger charge is -2.40. The third kappa shape index (κ3) is 5.74. The first-order valence-electron chi connectivity index (χ1n) is 11.4. The number of rotatable bonds is 4. The van der Waals surface area contributed by atoms with Gasteiger partial charge in [0, 0.05) is 42.3 Å². The molecule has 2 fully saturated rings. The molecule has 2 aliphatic rings. The Morgan fingerprint density at radius 2 is 1.52 bits per heavy atom. The highest BCUT2D eigenvalue weighted by atomic mass is 35.5. The predicted octanol–water partition coefficient (Wildman–Crippen LogP) is 6.13. The number of amides is 2. The van der Waals surface area contributed by atoms with E-state index in [9.17, 15) is 4.79 Å². The Labute approximate surface area is 195 Å². The molecule has 0 spiro atoms. The Bertz CT molecular complexity index is 857.